The lowest BCUT2D eigenvalue weighted by Gasteiger charge is -2.17. The first-order valence-electron chi connectivity index (χ1n) is 5.72. The molecule has 1 aromatic heterocycles. The van der Waals surface area contributed by atoms with Crippen LogP contribution in [0, 0.1) is 0 Å². The van der Waals surface area contributed by atoms with Crippen LogP contribution in [0.3, 0.4) is 0 Å². The van der Waals surface area contributed by atoms with E-state index in [-0.39, 0.29) is 16.9 Å². The molecule has 1 N–H and O–H groups in total. The number of aliphatic hydroxyl groups excluding tert-OH is 1. The summed E-state index contributed by atoms with van der Waals surface area (Å²) in [7, 11) is 0. The summed E-state index contributed by atoms with van der Waals surface area (Å²) in [6.45, 7) is 0. The zero-order valence-electron chi connectivity index (χ0n) is 9.83. The maximum Gasteiger partial charge on any atom is 0.237 e. The smallest absolute Gasteiger partial charge is 0.237 e. The summed E-state index contributed by atoms with van der Waals surface area (Å²) in [6.07, 6.45) is 3.02. The predicted octanol–water partition coefficient (Wildman–Crippen LogP) is 2.27. The van der Waals surface area contributed by atoms with E-state index in [0.29, 0.717) is 11.1 Å². The summed E-state index contributed by atoms with van der Waals surface area (Å²) < 4.78 is 0. The van der Waals surface area contributed by atoms with E-state index >= 15 is 0 Å². The maximum atomic E-state index is 12.1. The number of hydrogen-bond donors (Lipinski definition) is 1. The summed E-state index contributed by atoms with van der Waals surface area (Å²) in [6, 6.07) is 9.71. The largest absolute Gasteiger partial charge is 0.506 e. The van der Waals surface area contributed by atoms with Crippen LogP contribution in [-0.2, 0) is 4.79 Å². The first kappa shape index (κ1) is 11.3. The number of allylic oxidation sites excluding steroid dienone is 1. The van der Waals surface area contributed by atoms with Gasteiger partial charge in [-0.25, -0.2) is 0 Å². The molecule has 0 amide bonds. The zero-order valence-corrected chi connectivity index (χ0v) is 9.83. The van der Waals surface area contributed by atoms with Gasteiger partial charge >= 0.3 is 0 Å². The van der Waals surface area contributed by atoms with E-state index in [1.165, 1.54) is 18.5 Å². The number of nitrogens with zero attached hydrogens (tertiary/aromatic N) is 1. The number of fused-ring (bicyclic) bond motifs is 1. The van der Waals surface area contributed by atoms with Crippen LogP contribution >= 0.6 is 0 Å². The van der Waals surface area contributed by atoms with Crippen molar-refractivity contribution in [1.29, 1.82) is 0 Å². The van der Waals surface area contributed by atoms with E-state index < -0.39 is 11.6 Å². The molecule has 1 aromatic carbocycles. The third kappa shape index (κ3) is 1.65. The molecular weight excluding hydrogens is 242 g/mol. The molecule has 0 atom stereocenters. The van der Waals surface area contributed by atoms with E-state index in [1.807, 2.05) is 0 Å². The van der Waals surface area contributed by atoms with Crippen molar-refractivity contribution in [2.24, 2.45) is 0 Å². The fourth-order valence-corrected chi connectivity index (χ4v) is 2.15. The zero-order chi connectivity index (χ0) is 13.4. The van der Waals surface area contributed by atoms with E-state index in [1.54, 1.807) is 30.3 Å². The molecule has 4 heteroatoms. The second-order valence-corrected chi connectivity index (χ2v) is 4.16. The summed E-state index contributed by atoms with van der Waals surface area (Å²) in [5.74, 6) is -1.45. The topological polar surface area (TPSA) is 67.3 Å². The highest BCUT2D eigenvalue weighted by Gasteiger charge is 2.33. The van der Waals surface area contributed by atoms with Gasteiger partial charge in [0.05, 0.1) is 5.57 Å². The van der Waals surface area contributed by atoms with Crippen LogP contribution in [0.4, 0.5) is 0 Å². The maximum absolute atomic E-state index is 12.1. The monoisotopic (exact) mass is 251 g/mol. The van der Waals surface area contributed by atoms with Crippen molar-refractivity contribution < 1.29 is 14.7 Å². The Bertz CT molecular complexity index is 717. The number of pyridine rings is 1. The fourth-order valence-electron chi connectivity index (χ4n) is 2.15. The minimum Gasteiger partial charge on any atom is -0.506 e. The van der Waals surface area contributed by atoms with Gasteiger partial charge in [0.25, 0.3) is 0 Å². The molecule has 2 aromatic rings. The van der Waals surface area contributed by atoms with Gasteiger partial charge in [0.2, 0.25) is 11.6 Å². The van der Waals surface area contributed by atoms with Crippen LogP contribution < -0.4 is 0 Å². The van der Waals surface area contributed by atoms with Gasteiger partial charge in [-0.05, 0) is 17.7 Å². The molecule has 1 aliphatic carbocycles. The first-order chi connectivity index (χ1) is 9.20. The second kappa shape index (κ2) is 4.17. The summed E-state index contributed by atoms with van der Waals surface area (Å²) in [4.78, 5) is 28.0. The molecule has 4 nitrogen and oxygen atoms in total. The van der Waals surface area contributed by atoms with Gasteiger partial charge in [-0.1, -0.05) is 24.3 Å². The van der Waals surface area contributed by atoms with Crippen LogP contribution in [0.5, 0.6) is 0 Å². The fraction of sp³-hybridized carbons (Fsp3) is 0. The van der Waals surface area contributed by atoms with Crippen molar-refractivity contribution in [2.45, 2.75) is 0 Å². The number of benzene rings is 1. The average Bonchev–Trinajstić information content (AvgIpc) is 2.46. The minimum atomic E-state index is -0.692. The van der Waals surface area contributed by atoms with Gasteiger partial charge in [-0.3, -0.25) is 14.6 Å². The number of rotatable bonds is 1. The van der Waals surface area contributed by atoms with Crippen LogP contribution in [0.25, 0.3) is 11.3 Å². The summed E-state index contributed by atoms with van der Waals surface area (Å²) in [5, 5.41) is 10.2. The number of Topliss-reactive ketones (excluding diaryl/α,β-unsaturated/α-hetero) is 2. The van der Waals surface area contributed by atoms with Crippen molar-refractivity contribution in [2.75, 3.05) is 0 Å². The molecule has 92 valence electrons. The number of aromatic nitrogens is 1. The Kier molecular flexibility index (Phi) is 2.49. The Morgan fingerprint density at radius 2 is 1.47 bits per heavy atom. The molecular formula is C15H9NO3. The molecule has 0 radical (unpaired) electrons. The lowest BCUT2D eigenvalue weighted by Crippen LogP contribution is -2.23. The van der Waals surface area contributed by atoms with E-state index in [4.69, 9.17) is 0 Å². The molecule has 0 fully saturated rings. The lowest BCUT2D eigenvalue weighted by atomic mass is 9.85. The SMILES string of the molecule is O=C1C(=O)c2ccccc2C(O)=C1c1ccncc1. The van der Waals surface area contributed by atoms with Gasteiger partial charge in [-0.15, -0.1) is 0 Å². The van der Waals surface area contributed by atoms with Gasteiger partial charge in [0.1, 0.15) is 5.76 Å². The van der Waals surface area contributed by atoms with Gasteiger partial charge in [-0.2, -0.15) is 0 Å². The molecule has 3 rings (SSSR count). The van der Waals surface area contributed by atoms with E-state index in [2.05, 4.69) is 4.98 Å². The molecule has 0 spiro atoms. The molecule has 0 unspecified atom stereocenters. The standard InChI is InChI=1S/C15H9NO3/c17-13-10-3-1-2-4-11(10)14(18)15(19)12(13)9-5-7-16-8-6-9/h1-8,17H. The average molecular weight is 251 g/mol. The van der Waals surface area contributed by atoms with Gasteiger partial charge < -0.3 is 5.11 Å². The predicted molar refractivity (Wildman–Crippen MR) is 69.5 cm³/mol. The minimum absolute atomic E-state index is 0.0334. The third-order valence-corrected chi connectivity index (χ3v) is 3.07. The number of carbonyl (C=O) groups excluding carboxylic acids is 2. The van der Waals surface area contributed by atoms with Crippen LogP contribution in [0.1, 0.15) is 21.5 Å². The van der Waals surface area contributed by atoms with Crippen molar-refractivity contribution in [3.05, 3.63) is 65.5 Å². The molecule has 1 aliphatic rings. The molecule has 0 bridgehead atoms. The van der Waals surface area contributed by atoms with Crippen molar-refractivity contribution in [3.63, 3.8) is 0 Å². The molecule has 1 heterocycles. The normalized spacial score (nSPS) is 14.5. The van der Waals surface area contributed by atoms with Crippen molar-refractivity contribution in [3.8, 4) is 0 Å². The Morgan fingerprint density at radius 1 is 0.842 bits per heavy atom. The van der Waals surface area contributed by atoms with Crippen LogP contribution in [0.15, 0.2) is 48.8 Å². The lowest BCUT2D eigenvalue weighted by molar-refractivity contribution is -0.110. The molecule has 0 saturated heterocycles. The van der Waals surface area contributed by atoms with Crippen LogP contribution in [0.2, 0.25) is 0 Å². The number of ketones is 2. The Balaban J connectivity index is 2.30. The summed E-state index contributed by atoms with van der Waals surface area (Å²) in [5.41, 5.74) is 1.15. The van der Waals surface area contributed by atoms with Gasteiger partial charge in [0.15, 0.2) is 0 Å². The highest BCUT2D eigenvalue weighted by molar-refractivity contribution is 6.62. The Morgan fingerprint density at radius 3 is 2.16 bits per heavy atom. The second-order valence-electron chi connectivity index (χ2n) is 4.16. The third-order valence-electron chi connectivity index (χ3n) is 3.07. The number of carbonyl (C=O) groups is 2. The van der Waals surface area contributed by atoms with Gasteiger partial charge in [0, 0.05) is 23.5 Å². The van der Waals surface area contributed by atoms with E-state index in [9.17, 15) is 14.7 Å². The number of hydrogen-bond acceptors (Lipinski definition) is 4. The quantitative estimate of drug-likeness (QED) is 0.789. The van der Waals surface area contributed by atoms with Crippen molar-refractivity contribution in [1.82, 2.24) is 4.98 Å². The molecule has 0 saturated carbocycles. The Hall–Kier alpha value is -2.75. The Labute approximate surface area is 109 Å². The molecule has 0 aliphatic heterocycles. The van der Waals surface area contributed by atoms with Crippen LogP contribution in [-0.4, -0.2) is 21.7 Å². The first-order valence-corrected chi connectivity index (χ1v) is 5.72. The highest BCUT2D eigenvalue weighted by Crippen LogP contribution is 2.32. The molecule has 19 heavy (non-hydrogen) atoms. The van der Waals surface area contributed by atoms with Crippen molar-refractivity contribution >= 4 is 22.9 Å². The summed E-state index contributed by atoms with van der Waals surface area (Å²) >= 11 is 0. The van der Waals surface area contributed by atoms with E-state index in [0.717, 1.165) is 0 Å². The number of aliphatic hydroxyl groups is 1. The highest BCUT2D eigenvalue weighted by atomic mass is 16.3.